The minimum Gasteiger partial charge on any atom is -0.298 e. The molecule has 0 spiro atoms. The Morgan fingerprint density at radius 3 is 2.38 bits per heavy atom. The predicted octanol–water partition coefficient (Wildman–Crippen LogP) is 3.09. The number of hydrogen-bond acceptors (Lipinski definition) is 1. The third kappa shape index (κ3) is 2.70. The second kappa shape index (κ2) is 4.94. The number of Topliss-reactive ketones (excluding diaryl/α,β-unsaturated/α-hetero) is 1. The molecule has 0 atom stereocenters. The maximum atomic E-state index is 12.8. The molecule has 1 aromatic carbocycles. The van der Waals surface area contributed by atoms with Gasteiger partial charge in [-0.1, -0.05) is 18.1 Å². The van der Waals surface area contributed by atoms with Crippen LogP contribution in [0.3, 0.4) is 0 Å². The lowest BCUT2D eigenvalue weighted by molar-refractivity contribution is -0.122. The van der Waals surface area contributed by atoms with Gasteiger partial charge in [-0.15, -0.1) is 5.92 Å². The highest BCUT2D eigenvalue weighted by molar-refractivity contribution is 5.91. The molecule has 2 heteroatoms. The third-order valence-corrected chi connectivity index (χ3v) is 2.69. The lowest BCUT2D eigenvalue weighted by Gasteiger charge is -2.22. The van der Waals surface area contributed by atoms with E-state index in [1.165, 1.54) is 12.1 Å². The number of ketones is 1. The maximum absolute atomic E-state index is 12.8. The molecule has 1 nitrogen and oxygen atoms in total. The SMILES string of the molecule is CC#CCC(=O)C(C)(C)c1ccc(F)cc1. The lowest BCUT2D eigenvalue weighted by Crippen LogP contribution is -2.28. The average molecular weight is 218 g/mol. The Kier molecular flexibility index (Phi) is 3.84. The van der Waals surface area contributed by atoms with Crippen molar-refractivity contribution in [1.29, 1.82) is 0 Å². The highest BCUT2D eigenvalue weighted by atomic mass is 19.1. The van der Waals surface area contributed by atoms with Crippen molar-refractivity contribution in [3.05, 3.63) is 35.6 Å². The van der Waals surface area contributed by atoms with E-state index in [4.69, 9.17) is 0 Å². The van der Waals surface area contributed by atoms with Gasteiger partial charge in [0.25, 0.3) is 0 Å². The summed E-state index contributed by atoms with van der Waals surface area (Å²) in [6, 6.07) is 6.03. The fourth-order valence-electron chi connectivity index (χ4n) is 1.42. The number of hydrogen-bond donors (Lipinski definition) is 0. The summed E-state index contributed by atoms with van der Waals surface area (Å²) < 4.78 is 12.8. The molecule has 0 saturated heterocycles. The van der Waals surface area contributed by atoms with Gasteiger partial charge < -0.3 is 0 Å². The Bertz CT molecular complexity index is 432. The minimum absolute atomic E-state index is 0.0495. The Morgan fingerprint density at radius 2 is 1.88 bits per heavy atom. The summed E-state index contributed by atoms with van der Waals surface area (Å²) in [7, 11) is 0. The van der Waals surface area contributed by atoms with Crippen molar-refractivity contribution in [3.63, 3.8) is 0 Å². The Balaban J connectivity index is 2.95. The first-order valence-electron chi connectivity index (χ1n) is 5.17. The standard InChI is InChI=1S/C14H15FO/c1-4-5-6-13(16)14(2,3)11-7-9-12(15)10-8-11/h7-10H,6H2,1-3H3. The molecule has 16 heavy (non-hydrogen) atoms. The maximum Gasteiger partial charge on any atom is 0.154 e. The Hall–Kier alpha value is -1.62. The molecule has 0 amide bonds. The average Bonchev–Trinajstić information content (AvgIpc) is 2.26. The van der Waals surface area contributed by atoms with Crippen LogP contribution in [0, 0.1) is 17.7 Å². The first-order chi connectivity index (χ1) is 7.48. The van der Waals surface area contributed by atoms with E-state index in [1.807, 2.05) is 13.8 Å². The fraction of sp³-hybridized carbons (Fsp3) is 0.357. The normalized spacial score (nSPS) is 10.5. The van der Waals surface area contributed by atoms with Crippen LogP contribution < -0.4 is 0 Å². The number of rotatable bonds is 3. The number of carbonyl (C=O) groups excluding carboxylic acids is 1. The van der Waals surface area contributed by atoms with E-state index in [9.17, 15) is 9.18 Å². The molecule has 0 aliphatic rings. The zero-order valence-corrected chi connectivity index (χ0v) is 9.80. The summed E-state index contributed by atoms with van der Waals surface area (Å²) in [5, 5.41) is 0. The van der Waals surface area contributed by atoms with Gasteiger partial charge in [-0.3, -0.25) is 4.79 Å². The van der Waals surface area contributed by atoms with Crippen molar-refractivity contribution in [2.24, 2.45) is 0 Å². The summed E-state index contributed by atoms with van der Waals surface area (Å²) in [6.45, 7) is 5.37. The minimum atomic E-state index is -0.614. The summed E-state index contributed by atoms with van der Waals surface area (Å²) in [5.74, 6) is 5.22. The topological polar surface area (TPSA) is 17.1 Å². The molecule has 0 fully saturated rings. The predicted molar refractivity (Wildman–Crippen MR) is 62.5 cm³/mol. The number of benzene rings is 1. The van der Waals surface area contributed by atoms with Crippen LogP contribution in [0.25, 0.3) is 0 Å². The zero-order chi connectivity index (χ0) is 12.2. The van der Waals surface area contributed by atoms with Crippen LogP contribution in [0.4, 0.5) is 4.39 Å². The van der Waals surface area contributed by atoms with E-state index in [2.05, 4.69) is 11.8 Å². The van der Waals surface area contributed by atoms with Crippen molar-refractivity contribution in [1.82, 2.24) is 0 Å². The van der Waals surface area contributed by atoms with Gasteiger partial charge in [0.1, 0.15) is 5.82 Å². The molecule has 0 aliphatic carbocycles. The summed E-state index contributed by atoms with van der Waals surface area (Å²) in [4.78, 5) is 11.9. The van der Waals surface area contributed by atoms with Crippen LogP contribution in [0.2, 0.25) is 0 Å². The van der Waals surface area contributed by atoms with Crippen LogP contribution in [0.15, 0.2) is 24.3 Å². The molecule has 0 radical (unpaired) electrons. The van der Waals surface area contributed by atoms with Gasteiger partial charge in [-0.2, -0.15) is 0 Å². The van der Waals surface area contributed by atoms with E-state index in [-0.39, 0.29) is 18.0 Å². The van der Waals surface area contributed by atoms with E-state index in [0.29, 0.717) is 0 Å². The van der Waals surface area contributed by atoms with Gasteiger partial charge in [-0.05, 0) is 38.5 Å². The first-order valence-corrected chi connectivity index (χ1v) is 5.17. The van der Waals surface area contributed by atoms with Gasteiger partial charge in [0.05, 0.1) is 6.42 Å². The van der Waals surface area contributed by atoms with Crippen LogP contribution in [0.1, 0.15) is 32.8 Å². The number of halogens is 1. The van der Waals surface area contributed by atoms with Gasteiger partial charge in [0.2, 0.25) is 0 Å². The molecule has 1 rings (SSSR count). The van der Waals surface area contributed by atoms with E-state index < -0.39 is 5.41 Å². The molecule has 0 unspecified atom stereocenters. The molecule has 1 aromatic rings. The van der Waals surface area contributed by atoms with Crippen LogP contribution in [0.5, 0.6) is 0 Å². The van der Waals surface area contributed by atoms with Gasteiger partial charge in [0.15, 0.2) is 5.78 Å². The lowest BCUT2D eigenvalue weighted by atomic mass is 9.79. The van der Waals surface area contributed by atoms with Gasteiger partial charge >= 0.3 is 0 Å². The molecule has 0 aromatic heterocycles. The van der Waals surface area contributed by atoms with Gasteiger partial charge in [0, 0.05) is 5.41 Å². The molecule has 0 bridgehead atoms. The summed E-state index contributed by atoms with van der Waals surface area (Å²) in [5.41, 5.74) is 0.203. The first kappa shape index (κ1) is 12.4. The highest BCUT2D eigenvalue weighted by Gasteiger charge is 2.28. The molecule has 0 N–H and O–H groups in total. The molecule has 0 heterocycles. The second-order valence-corrected chi connectivity index (χ2v) is 4.16. The molecule has 0 aliphatic heterocycles. The molecular formula is C14H15FO. The third-order valence-electron chi connectivity index (χ3n) is 2.69. The number of carbonyl (C=O) groups is 1. The largest absolute Gasteiger partial charge is 0.298 e. The zero-order valence-electron chi connectivity index (χ0n) is 9.80. The summed E-state index contributed by atoms with van der Waals surface area (Å²) in [6.07, 6.45) is 0.237. The monoisotopic (exact) mass is 218 g/mol. The van der Waals surface area contributed by atoms with Crippen LogP contribution in [-0.4, -0.2) is 5.78 Å². The fourth-order valence-corrected chi connectivity index (χ4v) is 1.42. The highest BCUT2D eigenvalue weighted by Crippen LogP contribution is 2.25. The van der Waals surface area contributed by atoms with Crippen molar-refractivity contribution < 1.29 is 9.18 Å². The molecule has 84 valence electrons. The van der Waals surface area contributed by atoms with E-state index >= 15 is 0 Å². The Morgan fingerprint density at radius 1 is 1.31 bits per heavy atom. The van der Waals surface area contributed by atoms with Gasteiger partial charge in [-0.25, -0.2) is 4.39 Å². The summed E-state index contributed by atoms with van der Waals surface area (Å²) >= 11 is 0. The smallest absolute Gasteiger partial charge is 0.154 e. The second-order valence-electron chi connectivity index (χ2n) is 4.16. The van der Waals surface area contributed by atoms with Crippen molar-refractivity contribution in [2.75, 3.05) is 0 Å². The van der Waals surface area contributed by atoms with E-state index in [0.717, 1.165) is 5.56 Å². The van der Waals surface area contributed by atoms with Crippen LogP contribution in [-0.2, 0) is 10.2 Å². The molecular weight excluding hydrogens is 203 g/mol. The van der Waals surface area contributed by atoms with E-state index in [1.54, 1.807) is 19.1 Å². The van der Waals surface area contributed by atoms with Crippen LogP contribution >= 0.6 is 0 Å². The van der Waals surface area contributed by atoms with Crippen molar-refractivity contribution >= 4 is 5.78 Å². The Labute approximate surface area is 95.7 Å². The quantitative estimate of drug-likeness (QED) is 0.712. The van der Waals surface area contributed by atoms with Crippen molar-refractivity contribution in [3.8, 4) is 11.8 Å². The molecule has 0 saturated carbocycles. The van der Waals surface area contributed by atoms with Crippen molar-refractivity contribution in [2.45, 2.75) is 32.6 Å².